The van der Waals surface area contributed by atoms with E-state index in [1.165, 1.54) is 0 Å². The molecule has 9 atom stereocenters. The number of epoxide rings is 1. The number of aliphatic hydroxyl groups excluding tert-OH is 2. The van der Waals surface area contributed by atoms with E-state index < -0.39 is 53.3 Å². The molecule has 3 fully saturated rings. The van der Waals surface area contributed by atoms with Gasteiger partial charge >= 0.3 is 11.9 Å². The lowest BCUT2D eigenvalue weighted by Crippen LogP contribution is -2.66. The van der Waals surface area contributed by atoms with Crippen LogP contribution in [0.2, 0.25) is 0 Å². The second-order valence-corrected chi connectivity index (χ2v) is 8.65. The molecule has 7 nitrogen and oxygen atoms in total. The van der Waals surface area contributed by atoms with Crippen molar-refractivity contribution in [3.63, 3.8) is 0 Å². The summed E-state index contributed by atoms with van der Waals surface area (Å²) in [6, 6.07) is 0. The van der Waals surface area contributed by atoms with Gasteiger partial charge in [0.2, 0.25) is 0 Å². The molecular formula is C20H26O7. The van der Waals surface area contributed by atoms with Crippen molar-refractivity contribution in [2.75, 3.05) is 0 Å². The van der Waals surface area contributed by atoms with Crippen LogP contribution in [0.25, 0.3) is 0 Å². The highest BCUT2D eigenvalue weighted by Crippen LogP contribution is 2.57. The molecule has 2 aliphatic carbocycles. The third-order valence-electron chi connectivity index (χ3n) is 7.22. The Kier molecular flexibility index (Phi) is 3.91. The first-order chi connectivity index (χ1) is 12.5. The van der Waals surface area contributed by atoms with E-state index in [2.05, 4.69) is 6.58 Å². The number of carbonyl (C=O) groups is 2. The molecule has 0 spiro atoms. The Labute approximate surface area is 158 Å². The molecule has 4 rings (SSSR count). The lowest BCUT2D eigenvalue weighted by atomic mass is 9.53. The van der Waals surface area contributed by atoms with Crippen molar-refractivity contribution >= 4 is 11.9 Å². The smallest absolute Gasteiger partial charge is 0.341 e. The summed E-state index contributed by atoms with van der Waals surface area (Å²) < 4.78 is 16.6. The molecule has 0 radical (unpaired) electrons. The first-order valence-electron chi connectivity index (χ1n) is 9.35. The Balaban J connectivity index is 1.75. The summed E-state index contributed by atoms with van der Waals surface area (Å²) in [6.07, 6.45) is -1.73. The van der Waals surface area contributed by atoms with Gasteiger partial charge in [-0.05, 0) is 27.2 Å². The van der Waals surface area contributed by atoms with Crippen LogP contribution in [0.3, 0.4) is 0 Å². The zero-order chi connectivity index (χ0) is 19.9. The number of esters is 2. The van der Waals surface area contributed by atoms with Gasteiger partial charge in [0.05, 0.1) is 18.1 Å². The lowest BCUT2D eigenvalue weighted by molar-refractivity contribution is -0.220. The Morgan fingerprint density at radius 3 is 2.59 bits per heavy atom. The van der Waals surface area contributed by atoms with E-state index in [4.69, 9.17) is 14.2 Å². The number of ether oxygens (including phenoxy) is 3. The van der Waals surface area contributed by atoms with Crippen LogP contribution in [0.15, 0.2) is 23.8 Å². The summed E-state index contributed by atoms with van der Waals surface area (Å²) >= 11 is 0. The van der Waals surface area contributed by atoms with Crippen LogP contribution in [0.1, 0.15) is 34.1 Å². The van der Waals surface area contributed by atoms with Crippen LogP contribution in [-0.2, 0) is 23.8 Å². The number of hydrogen-bond acceptors (Lipinski definition) is 7. The molecule has 7 heteroatoms. The molecule has 2 heterocycles. The monoisotopic (exact) mass is 378 g/mol. The molecule has 148 valence electrons. The van der Waals surface area contributed by atoms with Crippen LogP contribution in [0.5, 0.6) is 0 Å². The number of rotatable bonds is 2. The van der Waals surface area contributed by atoms with Crippen molar-refractivity contribution in [3.05, 3.63) is 23.8 Å². The Bertz CT molecular complexity index is 757. The minimum absolute atomic E-state index is 0.182. The zero-order valence-electron chi connectivity index (χ0n) is 16.0. The van der Waals surface area contributed by atoms with Gasteiger partial charge in [0.25, 0.3) is 0 Å². The molecule has 2 aliphatic heterocycles. The molecule has 0 aromatic heterocycles. The molecule has 4 aliphatic rings. The van der Waals surface area contributed by atoms with Gasteiger partial charge < -0.3 is 24.4 Å². The van der Waals surface area contributed by atoms with Crippen LogP contribution < -0.4 is 0 Å². The number of carbonyl (C=O) groups excluding carboxylic acids is 2. The van der Waals surface area contributed by atoms with Crippen LogP contribution >= 0.6 is 0 Å². The normalized spacial score (nSPS) is 51.0. The van der Waals surface area contributed by atoms with E-state index in [1.54, 1.807) is 20.8 Å². The SMILES string of the molecule is C=C1C(=O)O[C@@H]2[C@H]1[C@H](OC(=O)[C@@]1(C)O[C@H]1C)[C@@H](O)[C@@]1(C)[C@H](O)CC=C(C)[C@H]21. The van der Waals surface area contributed by atoms with E-state index in [0.717, 1.165) is 5.57 Å². The molecular weight excluding hydrogens is 352 g/mol. The highest BCUT2D eigenvalue weighted by atomic mass is 16.7. The van der Waals surface area contributed by atoms with Crippen LogP contribution in [-0.4, -0.2) is 58.3 Å². The minimum atomic E-state index is -1.18. The summed E-state index contributed by atoms with van der Waals surface area (Å²) in [5, 5.41) is 22.0. The Morgan fingerprint density at radius 1 is 1.37 bits per heavy atom. The van der Waals surface area contributed by atoms with Crippen molar-refractivity contribution in [3.8, 4) is 0 Å². The zero-order valence-corrected chi connectivity index (χ0v) is 16.0. The van der Waals surface area contributed by atoms with Gasteiger partial charge in [-0.3, -0.25) is 0 Å². The van der Waals surface area contributed by atoms with Crippen molar-refractivity contribution in [2.45, 2.75) is 70.2 Å². The summed E-state index contributed by atoms with van der Waals surface area (Å²) in [6.45, 7) is 10.9. The van der Waals surface area contributed by atoms with Crippen molar-refractivity contribution < 1.29 is 34.0 Å². The molecule has 27 heavy (non-hydrogen) atoms. The average molecular weight is 378 g/mol. The van der Waals surface area contributed by atoms with E-state index in [9.17, 15) is 19.8 Å². The largest absolute Gasteiger partial charge is 0.458 e. The standard InChI is InChI=1S/C20H26O7/c1-8-6-7-11(21)19(4)13(8)14-12(9(2)17(23)25-14)15(16(19)22)26-18(24)20(5)10(3)27-20/h6,10-16,21-22H,2,7H2,1,3-5H3/t10-,11+,12-,13+,14+,15-,16+,19-,20-/m0/s1. The molecule has 0 aromatic rings. The predicted octanol–water partition coefficient (Wildman–Crippen LogP) is 0.881. The maximum Gasteiger partial charge on any atom is 0.341 e. The molecule has 0 aromatic carbocycles. The molecule has 0 unspecified atom stereocenters. The molecule has 0 bridgehead atoms. The number of fused-ring (bicyclic) bond motifs is 3. The summed E-state index contributed by atoms with van der Waals surface area (Å²) in [7, 11) is 0. The van der Waals surface area contributed by atoms with Gasteiger partial charge in [0, 0.05) is 16.9 Å². The minimum Gasteiger partial charge on any atom is -0.458 e. The third-order valence-corrected chi connectivity index (χ3v) is 7.22. The fourth-order valence-corrected chi connectivity index (χ4v) is 5.11. The number of aliphatic hydroxyl groups is 2. The van der Waals surface area contributed by atoms with E-state index in [1.807, 2.05) is 13.0 Å². The quantitative estimate of drug-likeness (QED) is 0.318. The van der Waals surface area contributed by atoms with Gasteiger partial charge in [-0.1, -0.05) is 25.2 Å². The van der Waals surface area contributed by atoms with Gasteiger partial charge in [0.15, 0.2) is 5.60 Å². The van der Waals surface area contributed by atoms with Gasteiger partial charge in [-0.15, -0.1) is 0 Å². The van der Waals surface area contributed by atoms with E-state index in [-0.39, 0.29) is 17.6 Å². The third kappa shape index (κ3) is 2.31. The van der Waals surface area contributed by atoms with Gasteiger partial charge in [-0.2, -0.15) is 0 Å². The maximum atomic E-state index is 12.7. The second-order valence-electron chi connectivity index (χ2n) is 8.65. The second kappa shape index (κ2) is 5.65. The van der Waals surface area contributed by atoms with Gasteiger partial charge in [-0.25, -0.2) is 9.59 Å². The van der Waals surface area contributed by atoms with Crippen molar-refractivity contribution in [1.82, 2.24) is 0 Å². The van der Waals surface area contributed by atoms with E-state index in [0.29, 0.717) is 6.42 Å². The van der Waals surface area contributed by atoms with Crippen molar-refractivity contribution in [2.24, 2.45) is 17.3 Å². The van der Waals surface area contributed by atoms with Crippen LogP contribution in [0.4, 0.5) is 0 Å². The van der Waals surface area contributed by atoms with Crippen molar-refractivity contribution in [1.29, 1.82) is 0 Å². The lowest BCUT2D eigenvalue weighted by Gasteiger charge is -2.56. The van der Waals surface area contributed by atoms with E-state index >= 15 is 0 Å². The first kappa shape index (κ1) is 18.7. The van der Waals surface area contributed by atoms with Crippen LogP contribution in [0, 0.1) is 17.3 Å². The Morgan fingerprint density at radius 2 is 2.00 bits per heavy atom. The summed E-state index contributed by atoms with van der Waals surface area (Å²) in [4.78, 5) is 24.9. The first-order valence-corrected chi connectivity index (χ1v) is 9.35. The fraction of sp³-hybridized carbons (Fsp3) is 0.700. The maximum absolute atomic E-state index is 12.7. The highest BCUT2D eigenvalue weighted by molar-refractivity contribution is 5.91. The summed E-state index contributed by atoms with van der Waals surface area (Å²) in [5.74, 6) is -2.20. The topological polar surface area (TPSA) is 106 Å². The predicted molar refractivity (Wildman–Crippen MR) is 93.3 cm³/mol. The molecule has 2 saturated heterocycles. The molecule has 1 saturated carbocycles. The number of hydrogen-bond donors (Lipinski definition) is 2. The fourth-order valence-electron chi connectivity index (χ4n) is 5.11. The Hall–Kier alpha value is -1.70. The molecule has 2 N–H and O–H groups in total. The summed E-state index contributed by atoms with van der Waals surface area (Å²) in [5.41, 5.74) is -0.956. The van der Waals surface area contributed by atoms with Gasteiger partial charge in [0.1, 0.15) is 18.3 Å². The highest BCUT2D eigenvalue weighted by Gasteiger charge is 2.67. The molecule has 0 amide bonds. The average Bonchev–Trinajstić information content (AvgIpc) is 3.13.